The standard InChI is InChI=1S/C22H16N4O2/c1-23-16-10-6-14(7-11-16)15-8-12-17(13-9-15)25-26-20-21(27)18-4-2-3-5-19(18)24-22(20)28/h2-13H,1H2,(H2,24,27,28). The number of hydrogen-bond acceptors (Lipinski definition) is 5. The molecule has 0 bridgehead atoms. The fraction of sp³-hybridized carbons (Fsp3) is 0. The van der Waals surface area contributed by atoms with Crippen LogP contribution < -0.4 is 5.56 Å². The van der Waals surface area contributed by atoms with Gasteiger partial charge in [0.05, 0.1) is 16.9 Å². The molecule has 6 nitrogen and oxygen atoms in total. The molecule has 3 aromatic carbocycles. The van der Waals surface area contributed by atoms with Gasteiger partial charge in [-0.2, -0.15) is 5.11 Å². The Morgan fingerprint density at radius 2 is 1.39 bits per heavy atom. The molecule has 0 amide bonds. The highest BCUT2D eigenvalue weighted by Crippen LogP contribution is 2.31. The van der Waals surface area contributed by atoms with Gasteiger partial charge in [0.1, 0.15) is 0 Å². The van der Waals surface area contributed by atoms with Crippen LogP contribution in [0.25, 0.3) is 22.0 Å². The number of aromatic nitrogens is 1. The number of hydrogen-bond donors (Lipinski definition) is 2. The predicted molar refractivity (Wildman–Crippen MR) is 111 cm³/mol. The van der Waals surface area contributed by atoms with E-state index < -0.39 is 5.56 Å². The van der Waals surface area contributed by atoms with Crippen LogP contribution in [0.3, 0.4) is 0 Å². The van der Waals surface area contributed by atoms with E-state index in [2.05, 4.69) is 26.9 Å². The van der Waals surface area contributed by atoms with Gasteiger partial charge in [0.15, 0.2) is 11.4 Å². The minimum atomic E-state index is -0.493. The van der Waals surface area contributed by atoms with Crippen LogP contribution in [0.5, 0.6) is 5.75 Å². The Kier molecular flexibility index (Phi) is 4.51. The van der Waals surface area contributed by atoms with Crippen molar-refractivity contribution in [1.82, 2.24) is 4.98 Å². The average Bonchev–Trinajstić information content (AvgIpc) is 2.74. The van der Waals surface area contributed by atoms with Gasteiger partial charge in [0.25, 0.3) is 5.56 Å². The molecule has 0 fully saturated rings. The predicted octanol–water partition coefficient (Wildman–Crippen LogP) is 5.65. The van der Waals surface area contributed by atoms with Gasteiger partial charge >= 0.3 is 0 Å². The van der Waals surface area contributed by atoms with Crippen LogP contribution >= 0.6 is 0 Å². The molecule has 0 aliphatic carbocycles. The number of aromatic hydroxyl groups is 1. The molecule has 1 aromatic heterocycles. The van der Waals surface area contributed by atoms with Gasteiger partial charge in [0.2, 0.25) is 0 Å². The van der Waals surface area contributed by atoms with E-state index in [1.165, 1.54) is 0 Å². The van der Waals surface area contributed by atoms with Crippen molar-refractivity contribution in [3.63, 3.8) is 0 Å². The summed E-state index contributed by atoms with van der Waals surface area (Å²) in [5, 5.41) is 18.9. The summed E-state index contributed by atoms with van der Waals surface area (Å²) in [4.78, 5) is 18.8. The SMILES string of the molecule is C=Nc1ccc(-c2ccc(N=Nc3c(O)c4ccccc4[nH]c3=O)cc2)cc1. The van der Waals surface area contributed by atoms with Gasteiger partial charge in [-0.15, -0.1) is 5.11 Å². The Morgan fingerprint density at radius 3 is 2.04 bits per heavy atom. The lowest BCUT2D eigenvalue weighted by Crippen LogP contribution is -2.04. The fourth-order valence-electron chi connectivity index (χ4n) is 2.90. The second kappa shape index (κ2) is 7.28. The Labute approximate surface area is 160 Å². The molecule has 0 aliphatic rings. The Bertz CT molecular complexity index is 1240. The molecule has 0 saturated carbocycles. The highest BCUT2D eigenvalue weighted by atomic mass is 16.3. The van der Waals surface area contributed by atoms with E-state index in [4.69, 9.17) is 0 Å². The van der Waals surface area contributed by atoms with E-state index in [1.807, 2.05) is 36.4 Å². The van der Waals surface area contributed by atoms with Gasteiger partial charge in [-0.05, 0) is 54.2 Å². The second-order valence-electron chi connectivity index (χ2n) is 6.15. The molecule has 136 valence electrons. The lowest BCUT2D eigenvalue weighted by Gasteiger charge is -2.03. The number of fused-ring (bicyclic) bond motifs is 1. The van der Waals surface area contributed by atoms with E-state index in [0.717, 1.165) is 16.8 Å². The van der Waals surface area contributed by atoms with Crippen LogP contribution in [0, 0.1) is 0 Å². The zero-order chi connectivity index (χ0) is 19.5. The molecule has 0 saturated heterocycles. The third-order valence-electron chi connectivity index (χ3n) is 4.39. The van der Waals surface area contributed by atoms with Crippen LogP contribution in [-0.4, -0.2) is 16.8 Å². The molecule has 4 aromatic rings. The number of azo groups is 1. The summed E-state index contributed by atoms with van der Waals surface area (Å²) in [6.07, 6.45) is 0. The number of rotatable bonds is 4. The first-order valence-electron chi connectivity index (χ1n) is 8.58. The van der Waals surface area contributed by atoms with E-state index in [-0.39, 0.29) is 11.4 Å². The molecule has 0 radical (unpaired) electrons. The van der Waals surface area contributed by atoms with E-state index in [9.17, 15) is 9.90 Å². The number of aliphatic imine (C=N–C) groups is 1. The van der Waals surface area contributed by atoms with Crippen LogP contribution in [-0.2, 0) is 0 Å². The largest absolute Gasteiger partial charge is 0.505 e. The van der Waals surface area contributed by atoms with Crippen molar-refractivity contribution in [3.8, 4) is 16.9 Å². The van der Waals surface area contributed by atoms with Gasteiger partial charge in [-0.25, -0.2) is 0 Å². The fourth-order valence-corrected chi connectivity index (χ4v) is 2.90. The first-order valence-corrected chi connectivity index (χ1v) is 8.58. The monoisotopic (exact) mass is 368 g/mol. The highest BCUT2D eigenvalue weighted by Gasteiger charge is 2.10. The summed E-state index contributed by atoms with van der Waals surface area (Å²) < 4.78 is 0. The van der Waals surface area contributed by atoms with Crippen molar-refractivity contribution in [3.05, 3.63) is 83.2 Å². The molecule has 28 heavy (non-hydrogen) atoms. The molecule has 4 rings (SSSR count). The van der Waals surface area contributed by atoms with Crippen molar-refractivity contribution in [2.75, 3.05) is 0 Å². The zero-order valence-corrected chi connectivity index (χ0v) is 14.8. The molecular formula is C22H16N4O2. The zero-order valence-electron chi connectivity index (χ0n) is 14.8. The summed E-state index contributed by atoms with van der Waals surface area (Å²) >= 11 is 0. The first-order chi connectivity index (χ1) is 13.7. The summed E-state index contributed by atoms with van der Waals surface area (Å²) in [6.45, 7) is 3.50. The molecule has 0 atom stereocenters. The summed E-state index contributed by atoms with van der Waals surface area (Å²) in [7, 11) is 0. The molecule has 2 N–H and O–H groups in total. The van der Waals surface area contributed by atoms with E-state index in [1.54, 1.807) is 36.4 Å². The highest BCUT2D eigenvalue weighted by molar-refractivity contribution is 5.88. The first kappa shape index (κ1) is 17.4. The number of para-hydroxylation sites is 1. The number of pyridine rings is 1. The van der Waals surface area contributed by atoms with Gasteiger partial charge in [-0.3, -0.25) is 9.79 Å². The van der Waals surface area contributed by atoms with Crippen molar-refractivity contribution >= 4 is 34.7 Å². The van der Waals surface area contributed by atoms with Crippen LogP contribution in [0.2, 0.25) is 0 Å². The third-order valence-corrected chi connectivity index (χ3v) is 4.39. The van der Waals surface area contributed by atoms with E-state index in [0.29, 0.717) is 16.6 Å². The van der Waals surface area contributed by atoms with Crippen LogP contribution in [0.15, 0.2) is 92.8 Å². The van der Waals surface area contributed by atoms with Gasteiger partial charge < -0.3 is 10.1 Å². The molecule has 0 aliphatic heterocycles. The number of H-pyrrole nitrogens is 1. The minimum absolute atomic E-state index is 0.115. The summed E-state index contributed by atoms with van der Waals surface area (Å²) in [6, 6.07) is 22.1. The number of nitrogens with one attached hydrogen (secondary N) is 1. The smallest absolute Gasteiger partial charge is 0.280 e. The quantitative estimate of drug-likeness (QED) is 0.360. The second-order valence-corrected chi connectivity index (χ2v) is 6.15. The number of benzene rings is 3. The summed E-state index contributed by atoms with van der Waals surface area (Å²) in [5.41, 5.74) is 3.38. The maximum atomic E-state index is 12.2. The van der Waals surface area contributed by atoms with Crippen molar-refractivity contribution in [2.45, 2.75) is 0 Å². The molecular weight excluding hydrogens is 352 g/mol. The van der Waals surface area contributed by atoms with Crippen LogP contribution in [0.1, 0.15) is 0 Å². The maximum absolute atomic E-state index is 12.2. The van der Waals surface area contributed by atoms with E-state index >= 15 is 0 Å². The molecule has 0 unspecified atom stereocenters. The summed E-state index contributed by atoms with van der Waals surface area (Å²) in [5.74, 6) is -0.185. The van der Waals surface area contributed by atoms with Gasteiger partial charge in [0, 0.05) is 5.39 Å². The Hall–Kier alpha value is -4.06. The Balaban J connectivity index is 1.62. The maximum Gasteiger partial charge on any atom is 0.280 e. The van der Waals surface area contributed by atoms with Crippen LogP contribution in [0.4, 0.5) is 17.1 Å². The van der Waals surface area contributed by atoms with Gasteiger partial charge in [-0.1, -0.05) is 36.4 Å². The minimum Gasteiger partial charge on any atom is -0.505 e. The molecule has 1 heterocycles. The molecule has 6 heteroatoms. The topological polar surface area (TPSA) is 90.2 Å². The van der Waals surface area contributed by atoms with Crippen molar-refractivity contribution in [1.29, 1.82) is 0 Å². The third kappa shape index (κ3) is 3.31. The number of aromatic amines is 1. The lowest BCUT2D eigenvalue weighted by atomic mass is 10.1. The Morgan fingerprint density at radius 1 is 0.786 bits per heavy atom. The average molecular weight is 368 g/mol. The van der Waals surface area contributed by atoms with Crippen molar-refractivity contribution in [2.24, 2.45) is 15.2 Å². The normalized spacial score (nSPS) is 11.1. The molecule has 0 spiro atoms. The number of nitrogens with zero attached hydrogens (tertiary/aromatic N) is 3. The lowest BCUT2D eigenvalue weighted by molar-refractivity contribution is 0.481. The van der Waals surface area contributed by atoms with Crippen molar-refractivity contribution < 1.29 is 5.11 Å².